The smallest absolute Gasteiger partial charge is 0.225 e. The molecule has 0 amide bonds. The summed E-state index contributed by atoms with van der Waals surface area (Å²) in [6.07, 6.45) is 0.429. The van der Waals surface area contributed by atoms with Gasteiger partial charge in [-0.25, -0.2) is 26.7 Å². The van der Waals surface area contributed by atoms with Crippen LogP contribution in [0.2, 0.25) is 0 Å². The minimum absolute atomic E-state index is 0.0240. The monoisotopic (exact) mass is 418 g/mol. The number of nitrogens with one attached hydrogen (secondary N) is 1. The second-order valence-corrected chi connectivity index (χ2v) is 9.04. The summed E-state index contributed by atoms with van der Waals surface area (Å²) in [4.78, 5) is 0.201. The summed E-state index contributed by atoms with van der Waals surface area (Å²) in [5, 5.41) is 5.02. The molecule has 0 fully saturated rings. The average Bonchev–Trinajstić information content (AvgIpc) is 2.47. The van der Waals surface area contributed by atoms with Crippen LogP contribution in [0.15, 0.2) is 62.8 Å². The molecule has 2 aromatic carbocycles. The molecule has 0 bridgehead atoms. The molecule has 0 unspecified atom stereocenters. The van der Waals surface area contributed by atoms with E-state index in [1.165, 1.54) is 24.3 Å². The Morgan fingerprint density at radius 3 is 2.17 bits per heavy atom. The fourth-order valence-electron chi connectivity index (χ4n) is 1.89. The molecule has 6 nitrogen and oxygen atoms in total. The Kier molecular flexibility index (Phi) is 5.58. The second kappa shape index (κ2) is 7.10. The molecule has 124 valence electrons. The van der Waals surface area contributed by atoms with Crippen LogP contribution in [0.5, 0.6) is 0 Å². The highest BCUT2D eigenvalue weighted by Gasteiger charge is 2.13. The number of hydrogen-bond acceptors (Lipinski definition) is 4. The van der Waals surface area contributed by atoms with Crippen LogP contribution in [0.1, 0.15) is 5.56 Å². The standard InChI is InChI=1S/C14H15BrN2O4S2/c15-12-2-1-3-14(10-12)23(20,21)17-9-8-11-4-6-13(7-5-11)22(16,18)19/h1-7,10,17H,8-9H2,(H2,16,18,19). The number of nitrogens with two attached hydrogens (primary N) is 1. The van der Waals surface area contributed by atoms with Gasteiger partial charge in [0.25, 0.3) is 0 Å². The van der Waals surface area contributed by atoms with Gasteiger partial charge < -0.3 is 0 Å². The topological polar surface area (TPSA) is 106 Å². The number of sulfonamides is 2. The van der Waals surface area contributed by atoms with Crippen molar-refractivity contribution in [2.24, 2.45) is 5.14 Å². The molecule has 3 N–H and O–H groups in total. The van der Waals surface area contributed by atoms with Crippen molar-refractivity contribution in [1.82, 2.24) is 4.72 Å². The summed E-state index contributed by atoms with van der Waals surface area (Å²) < 4.78 is 49.8. The van der Waals surface area contributed by atoms with Gasteiger partial charge >= 0.3 is 0 Å². The van der Waals surface area contributed by atoms with E-state index in [2.05, 4.69) is 20.7 Å². The number of hydrogen-bond donors (Lipinski definition) is 2. The van der Waals surface area contributed by atoms with E-state index in [-0.39, 0.29) is 16.3 Å². The SMILES string of the molecule is NS(=O)(=O)c1ccc(CCNS(=O)(=O)c2cccc(Br)c2)cc1. The van der Waals surface area contributed by atoms with Crippen LogP contribution in [-0.2, 0) is 26.5 Å². The molecule has 2 rings (SSSR count). The van der Waals surface area contributed by atoms with Crippen LogP contribution in [-0.4, -0.2) is 23.4 Å². The van der Waals surface area contributed by atoms with E-state index in [0.717, 1.165) is 5.56 Å². The molecule has 0 saturated heterocycles. The zero-order chi connectivity index (χ0) is 17.1. The molecule has 0 aliphatic carbocycles. The van der Waals surface area contributed by atoms with Crippen LogP contribution in [0.25, 0.3) is 0 Å². The van der Waals surface area contributed by atoms with E-state index in [9.17, 15) is 16.8 Å². The van der Waals surface area contributed by atoms with Gasteiger partial charge in [0.15, 0.2) is 0 Å². The van der Waals surface area contributed by atoms with Crippen molar-refractivity contribution in [3.63, 3.8) is 0 Å². The van der Waals surface area contributed by atoms with Gasteiger partial charge in [-0.15, -0.1) is 0 Å². The van der Waals surface area contributed by atoms with Gasteiger partial charge in [-0.2, -0.15) is 0 Å². The van der Waals surface area contributed by atoms with Crippen LogP contribution in [0, 0.1) is 0 Å². The van der Waals surface area contributed by atoms with Crippen molar-refractivity contribution < 1.29 is 16.8 Å². The first-order valence-electron chi connectivity index (χ1n) is 6.55. The molecule has 0 radical (unpaired) electrons. The summed E-state index contributed by atoms with van der Waals surface area (Å²) >= 11 is 3.23. The number of rotatable bonds is 6. The minimum Gasteiger partial charge on any atom is -0.225 e. The van der Waals surface area contributed by atoms with Crippen LogP contribution in [0.3, 0.4) is 0 Å². The predicted octanol–water partition coefficient (Wildman–Crippen LogP) is 1.62. The predicted molar refractivity (Wildman–Crippen MR) is 90.8 cm³/mol. The largest absolute Gasteiger partial charge is 0.240 e. The zero-order valence-electron chi connectivity index (χ0n) is 11.9. The molecular weight excluding hydrogens is 404 g/mol. The van der Waals surface area contributed by atoms with Crippen LogP contribution >= 0.6 is 15.9 Å². The Balaban J connectivity index is 1.99. The first kappa shape index (κ1) is 18.1. The fraction of sp³-hybridized carbons (Fsp3) is 0.143. The van der Waals surface area contributed by atoms with E-state index in [4.69, 9.17) is 5.14 Å². The third kappa shape index (κ3) is 5.11. The third-order valence-electron chi connectivity index (χ3n) is 3.06. The van der Waals surface area contributed by atoms with Crippen LogP contribution in [0.4, 0.5) is 0 Å². The summed E-state index contributed by atoms with van der Waals surface area (Å²) in [7, 11) is -7.30. The van der Waals surface area contributed by atoms with Crippen molar-refractivity contribution >= 4 is 36.0 Å². The molecule has 0 aliphatic heterocycles. The van der Waals surface area contributed by atoms with Crippen molar-refractivity contribution in [2.75, 3.05) is 6.54 Å². The Hall–Kier alpha value is -1.26. The lowest BCUT2D eigenvalue weighted by Crippen LogP contribution is -2.26. The van der Waals surface area contributed by atoms with Gasteiger partial charge in [-0.1, -0.05) is 34.1 Å². The highest BCUT2D eigenvalue weighted by Crippen LogP contribution is 2.16. The lowest BCUT2D eigenvalue weighted by molar-refractivity contribution is 0.581. The normalized spacial score (nSPS) is 12.3. The highest BCUT2D eigenvalue weighted by atomic mass is 79.9. The molecule has 2 aromatic rings. The number of halogens is 1. The Labute approximate surface area is 143 Å². The summed E-state index contributed by atoms with van der Waals surface area (Å²) in [6, 6.07) is 12.4. The molecule has 0 atom stereocenters. The lowest BCUT2D eigenvalue weighted by atomic mass is 10.2. The maximum Gasteiger partial charge on any atom is 0.240 e. The maximum atomic E-state index is 12.1. The molecule has 0 saturated carbocycles. The van der Waals surface area contributed by atoms with Gasteiger partial charge in [0.1, 0.15) is 0 Å². The molecule has 9 heteroatoms. The van der Waals surface area contributed by atoms with Crippen molar-refractivity contribution in [1.29, 1.82) is 0 Å². The Bertz CT molecular complexity index is 895. The second-order valence-electron chi connectivity index (χ2n) is 4.79. The first-order valence-corrected chi connectivity index (χ1v) is 10.4. The van der Waals surface area contributed by atoms with E-state index in [0.29, 0.717) is 10.9 Å². The van der Waals surface area contributed by atoms with E-state index < -0.39 is 20.0 Å². The van der Waals surface area contributed by atoms with Gasteiger partial charge in [0.05, 0.1) is 9.79 Å². The van der Waals surface area contributed by atoms with Crippen molar-refractivity contribution in [3.05, 3.63) is 58.6 Å². The highest BCUT2D eigenvalue weighted by molar-refractivity contribution is 9.10. The lowest BCUT2D eigenvalue weighted by Gasteiger charge is -2.07. The van der Waals surface area contributed by atoms with Crippen molar-refractivity contribution in [2.45, 2.75) is 16.2 Å². The van der Waals surface area contributed by atoms with E-state index in [1.54, 1.807) is 24.3 Å². The van der Waals surface area contributed by atoms with Gasteiger partial charge in [0, 0.05) is 11.0 Å². The Morgan fingerprint density at radius 1 is 0.957 bits per heavy atom. The van der Waals surface area contributed by atoms with Gasteiger partial charge in [-0.05, 0) is 42.3 Å². The van der Waals surface area contributed by atoms with E-state index in [1.807, 2.05) is 0 Å². The minimum atomic E-state index is -3.72. The summed E-state index contributed by atoms with van der Waals surface area (Å²) in [5.74, 6) is 0. The third-order valence-corrected chi connectivity index (χ3v) is 5.95. The zero-order valence-corrected chi connectivity index (χ0v) is 15.2. The van der Waals surface area contributed by atoms with Crippen LogP contribution < -0.4 is 9.86 Å². The first-order chi connectivity index (χ1) is 10.7. The fourth-order valence-corrected chi connectivity index (χ4v) is 4.04. The van der Waals surface area contributed by atoms with Gasteiger partial charge in [0.2, 0.25) is 20.0 Å². The number of primary sulfonamides is 1. The molecule has 0 aliphatic rings. The van der Waals surface area contributed by atoms with Crippen molar-refractivity contribution in [3.8, 4) is 0 Å². The quantitative estimate of drug-likeness (QED) is 0.742. The van der Waals surface area contributed by atoms with E-state index >= 15 is 0 Å². The molecule has 0 heterocycles. The Morgan fingerprint density at radius 2 is 1.61 bits per heavy atom. The molecule has 0 aromatic heterocycles. The molecular formula is C14H15BrN2O4S2. The number of benzene rings is 2. The molecule has 0 spiro atoms. The maximum absolute atomic E-state index is 12.1. The molecule has 23 heavy (non-hydrogen) atoms. The average molecular weight is 419 g/mol. The summed E-state index contributed by atoms with van der Waals surface area (Å²) in [6.45, 7) is 0.198. The summed E-state index contributed by atoms with van der Waals surface area (Å²) in [5.41, 5.74) is 0.800. The van der Waals surface area contributed by atoms with Gasteiger partial charge in [-0.3, -0.25) is 0 Å².